The summed E-state index contributed by atoms with van der Waals surface area (Å²) in [7, 11) is 0. The second-order valence-electron chi connectivity index (χ2n) is 3.65. The first kappa shape index (κ1) is 12.3. The monoisotopic (exact) mass is 253 g/mol. The fraction of sp³-hybridized carbons (Fsp3) is 0.167. The summed E-state index contributed by atoms with van der Waals surface area (Å²) in [4.78, 5) is 7.67. The minimum atomic E-state index is -4.31. The second kappa shape index (κ2) is 5.03. The van der Waals surface area contributed by atoms with Gasteiger partial charge >= 0.3 is 6.18 Å². The third-order valence-corrected chi connectivity index (χ3v) is 2.31. The normalized spacial score (nSPS) is 11.3. The summed E-state index contributed by atoms with van der Waals surface area (Å²) >= 11 is 0. The van der Waals surface area contributed by atoms with Crippen molar-refractivity contribution in [3.63, 3.8) is 0 Å². The zero-order chi connectivity index (χ0) is 13.0. The van der Waals surface area contributed by atoms with Crippen LogP contribution in [0.25, 0.3) is 0 Å². The predicted molar refractivity (Wildman–Crippen MR) is 60.8 cm³/mol. The quantitative estimate of drug-likeness (QED) is 0.913. The molecule has 0 bridgehead atoms. The number of aromatic nitrogens is 2. The lowest BCUT2D eigenvalue weighted by Crippen LogP contribution is -2.07. The summed E-state index contributed by atoms with van der Waals surface area (Å²) in [6.45, 7) is 0.279. The molecule has 1 heterocycles. The van der Waals surface area contributed by atoms with E-state index in [-0.39, 0.29) is 6.54 Å². The first-order valence-corrected chi connectivity index (χ1v) is 5.22. The predicted octanol–water partition coefficient (Wildman–Crippen LogP) is 3.11. The zero-order valence-corrected chi connectivity index (χ0v) is 9.28. The lowest BCUT2D eigenvalue weighted by Gasteiger charge is -2.09. The molecule has 0 radical (unpaired) electrons. The highest BCUT2D eigenvalue weighted by atomic mass is 19.4. The average molecular weight is 253 g/mol. The maximum absolute atomic E-state index is 12.5. The van der Waals surface area contributed by atoms with E-state index in [0.717, 1.165) is 12.1 Å². The summed E-state index contributed by atoms with van der Waals surface area (Å²) in [6, 6.07) is 6.83. The Labute approximate surface area is 102 Å². The molecule has 1 aromatic carbocycles. The Hall–Kier alpha value is -2.11. The SMILES string of the molecule is FC(F)(F)c1cccc(CNc2ccncn2)c1. The van der Waals surface area contributed by atoms with Crippen LogP contribution in [0.3, 0.4) is 0 Å². The summed E-state index contributed by atoms with van der Waals surface area (Å²) in [5, 5.41) is 2.92. The van der Waals surface area contributed by atoms with Crippen LogP contribution < -0.4 is 5.32 Å². The van der Waals surface area contributed by atoms with Crippen molar-refractivity contribution < 1.29 is 13.2 Å². The smallest absolute Gasteiger partial charge is 0.366 e. The fourth-order valence-electron chi connectivity index (χ4n) is 1.45. The number of hydrogen-bond donors (Lipinski definition) is 1. The Morgan fingerprint density at radius 1 is 1.17 bits per heavy atom. The van der Waals surface area contributed by atoms with Crippen LogP contribution in [0.15, 0.2) is 42.9 Å². The molecule has 0 unspecified atom stereocenters. The molecule has 0 aliphatic rings. The Bertz CT molecular complexity index is 511. The molecule has 2 aromatic rings. The molecule has 0 spiro atoms. The van der Waals surface area contributed by atoms with Crippen LogP contribution in [0, 0.1) is 0 Å². The van der Waals surface area contributed by atoms with Crippen molar-refractivity contribution in [1.29, 1.82) is 0 Å². The van der Waals surface area contributed by atoms with Gasteiger partial charge in [0.1, 0.15) is 12.1 Å². The molecular formula is C12H10F3N3. The van der Waals surface area contributed by atoms with Crippen LogP contribution in [-0.2, 0) is 12.7 Å². The van der Waals surface area contributed by atoms with E-state index in [0.29, 0.717) is 11.4 Å². The molecule has 94 valence electrons. The molecule has 18 heavy (non-hydrogen) atoms. The van der Waals surface area contributed by atoms with Crippen molar-refractivity contribution in [2.24, 2.45) is 0 Å². The van der Waals surface area contributed by atoms with Crippen molar-refractivity contribution >= 4 is 5.82 Å². The van der Waals surface area contributed by atoms with Crippen LogP contribution in [-0.4, -0.2) is 9.97 Å². The lowest BCUT2D eigenvalue weighted by atomic mass is 10.1. The minimum absolute atomic E-state index is 0.279. The van der Waals surface area contributed by atoms with Crippen LogP contribution in [0.2, 0.25) is 0 Å². The number of halogens is 3. The maximum atomic E-state index is 12.5. The van der Waals surface area contributed by atoms with Gasteiger partial charge in [-0.2, -0.15) is 13.2 Å². The zero-order valence-electron chi connectivity index (χ0n) is 9.28. The largest absolute Gasteiger partial charge is 0.416 e. The third kappa shape index (κ3) is 3.19. The molecule has 0 aliphatic heterocycles. The Morgan fingerprint density at radius 2 is 2.00 bits per heavy atom. The number of rotatable bonds is 3. The highest BCUT2D eigenvalue weighted by molar-refractivity contribution is 5.34. The van der Waals surface area contributed by atoms with E-state index in [9.17, 15) is 13.2 Å². The number of anilines is 1. The standard InChI is InChI=1S/C12H10F3N3/c13-12(14,15)10-3-1-2-9(6-10)7-17-11-4-5-16-8-18-11/h1-6,8H,7H2,(H,16,17,18). The molecule has 6 heteroatoms. The van der Waals surface area contributed by atoms with Gasteiger partial charge in [0.05, 0.1) is 5.56 Å². The fourth-order valence-corrected chi connectivity index (χ4v) is 1.45. The maximum Gasteiger partial charge on any atom is 0.416 e. The van der Waals surface area contributed by atoms with Crippen LogP contribution in [0.5, 0.6) is 0 Å². The van der Waals surface area contributed by atoms with Crippen LogP contribution in [0.1, 0.15) is 11.1 Å². The number of nitrogens with one attached hydrogen (secondary N) is 1. The van der Waals surface area contributed by atoms with Gasteiger partial charge < -0.3 is 5.32 Å². The Kier molecular flexibility index (Phi) is 3.45. The molecule has 0 fully saturated rings. The van der Waals surface area contributed by atoms with E-state index in [1.165, 1.54) is 12.4 Å². The van der Waals surface area contributed by atoms with Gasteiger partial charge in [0.2, 0.25) is 0 Å². The highest BCUT2D eigenvalue weighted by Gasteiger charge is 2.30. The number of hydrogen-bond acceptors (Lipinski definition) is 3. The first-order valence-electron chi connectivity index (χ1n) is 5.22. The molecule has 1 N–H and O–H groups in total. The van der Waals surface area contributed by atoms with Crippen LogP contribution >= 0.6 is 0 Å². The van der Waals surface area contributed by atoms with E-state index in [1.54, 1.807) is 18.3 Å². The van der Waals surface area contributed by atoms with Crippen LogP contribution in [0.4, 0.5) is 19.0 Å². The summed E-state index contributed by atoms with van der Waals surface area (Å²) < 4.78 is 37.5. The highest BCUT2D eigenvalue weighted by Crippen LogP contribution is 2.29. The number of benzene rings is 1. The van der Waals surface area contributed by atoms with Gasteiger partial charge in [-0.1, -0.05) is 12.1 Å². The van der Waals surface area contributed by atoms with E-state index >= 15 is 0 Å². The van der Waals surface area contributed by atoms with Crippen molar-refractivity contribution in [3.05, 3.63) is 54.0 Å². The number of nitrogens with zero attached hydrogens (tertiary/aromatic N) is 2. The Morgan fingerprint density at radius 3 is 2.67 bits per heavy atom. The molecule has 2 rings (SSSR count). The van der Waals surface area contributed by atoms with E-state index in [1.807, 2.05) is 0 Å². The van der Waals surface area contributed by atoms with Gasteiger partial charge in [-0.3, -0.25) is 0 Å². The second-order valence-corrected chi connectivity index (χ2v) is 3.65. The van der Waals surface area contributed by atoms with E-state index in [4.69, 9.17) is 0 Å². The van der Waals surface area contributed by atoms with Gasteiger partial charge in [0.25, 0.3) is 0 Å². The van der Waals surface area contributed by atoms with Crippen molar-refractivity contribution in [2.45, 2.75) is 12.7 Å². The Balaban J connectivity index is 2.06. The molecule has 0 aliphatic carbocycles. The minimum Gasteiger partial charge on any atom is -0.366 e. The van der Waals surface area contributed by atoms with Crippen molar-refractivity contribution in [3.8, 4) is 0 Å². The molecule has 0 saturated carbocycles. The summed E-state index contributed by atoms with van der Waals surface area (Å²) in [5.41, 5.74) is -0.104. The molecule has 0 saturated heterocycles. The molecular weight excluding hydrogens is 243 g/mol. The average Bonchev–Trinajstić information content (AvgIpc) is 2.37. The van der Waals surface area contributed by atoms with Gasteiger partial charge in [-0.25, -0.2) is 9.97 Å². The molecule has 1 aromatic heterocycles. The van der Waals surface area contributed by atoms with Crippen molar-refractivity contribution in [2.75, 3.05) is 5.32 Å². The van der Waals surface area contributed by atoms with Gasteiger partial charge in [0, 0.05) is 12.7 Å². The molecule has 3 nitrogen and oxygen atoms in total. The molecule has 0 atom stereocenters. The van der Waals surface area contributed by atoms with Gasteiger partial charge in [0.15, 0.2) is 0 Å². The van der Waals surface area contributed by atoms with Crippen molar-refractivity contribution in [1.82, 2.24) is 9.97 Å². The van der Waals surface area contributed by atoms with E-state index in [2.05, 4.69) is 15.3 Å². The van der Waals surface area contributed by atoms with Gasteiger partial charge in [-0.15, -0.1) is 0 Å². The summed E-state index contributed by atoms with van der Waals surface area (Å²) in [6.07, 6.45) is -1.39. The topological polar surface area (TPSA) is 37.8 Å². The third-order valence-electron chi connectivity index (χ3n) is 2.31. The van der Waals surface area contributed by atoms with E-state index < -0.39 is 11.7 Å². The number of alkyl halides is 3. The van der Waals surface area contributed by atoms with Gasteiger partial charge in [-0.05, 0) is 23.8 Å². The first-order chi connectivity index (χ1) is 8.55. The lowest BCUT2D eigenvalue weighted by molar-refractivity contribution is -0.137. The summed E-state index contributed by atoms with van der Waals surface area (Å²) in [5.74, 6) is 0.572. The molecule has 0 amide bonds.